The molecule has 164 valence electrons. The molecule has 9 heteroatoms. The highest BCUT2D eigenvalue weighted by atomic mass is 16.5. The normalized spacial score (nSPS) is 31.6. The maximum atomic E-state index is 12.9. The van der Waals surface area contributed by atoms with Crippen molar-refractivity contribution in [3.63, 3.8) is 0 Å². The fourth-order valence-electron chi connectivity index (χ4n) is 5.73. The van der Waals surface area contributed by atoms with Crippen molar-refractivity contribution in [2.24, 2.45) is 5.41 Å². The van der Waals surface area contributed by atoms with Crippen LogP contribution in [0, 0.1) is 5.41 Å². The van der Waals surface area contributed by atoms with Crippen LogP contribution in [0.1, 0.15) is 52.0 Å². The summed E-state index contributed by atoms with van der Waals surface area (Å²) in [5.41, 5.74) is 1.91. The number of imide groups is 2. The summed E-state index contributed by atoms with van der Waals surface area (Å²) in [6.45, 7) is 3.17. The minimum Gasteiger partial charge on any atom is -0.384 e. The lowest BCUT2D eigenvalue weighted by molar-refractivity contribution is -0.136. The van der Waals surface area contributed by atoms with Gasteiger partial charge < -0.3 is 15.4 Å². The largest absolute Gasteiger partial charge is 0.384 e. The van der Waals surface area contributed by atoms with Crippen LogP contribution in [0.25, 0.3) is 0 Å². The molecule has 0 radical (unpaired) electrons. The van der Waals surface area contributed by atoms with Crippen molar-refractivity contribution in [1.29, 1.82) is 0 Å². The van der Waals surface area contributed by atoms with Gasteiger partial charge in [0, 0.05) is 44.1 Å². The number of ether oxygens (including phenoxy) is 1. The van der Waals surface area contributed by atoms with Crippen molar-refractivity contribution >= 4 is 23.6 Å². The minimum absolute atomic E-state index is 0.112. The van der Waals surface area contributed by atoms with Gasteiger partial charge in [0.25, 0.3) is 11.8 Å². The molecule has 6 rings (SSSR count). The Labute approximate surface area is 179 Å². The molecule has 1 atom stereocenters. The highest BCUT2D eigenvalue weighted by Crippen LogP contribution is 2.53. The summed E-state index contributed by atoms with van der Waals surface area (Å²) < 4.78 is 5.35. The summed E-state index contributed by atoms with van der Waals surface area (Å²) in [5.74, 6) is -1.93. The van der Waals surface area contributed by atoms with Gasteiger partial charge in [-0.2, -0.15) is 0 Å². The van der Waals surface area contributed by atoms with Crippen LogP contribution in [0.2, 0.25) is 0 Å². The molecule has 1 saturated carbocycles. The first-order chi connectivity index (χ1) is 14.9. The van der Waals surface area contributed by atoms with Crippen LogP contribution in [0.15, 0.2) is 18.2 Å². The summed E-state index contributed by atoms with van der Waals surface area (Å²) in [6.07, 6.45) is 2.46. The number of methoxy groups -OCH3 is 1. The molecule has 4 fully saturated rings. The van der Waals surface area contributed by atoms with E-state index in [1.807, 2.05) is 6.07 Å². The summed E-state index contributed by atoms with van der Waals surface area (Å²) >= 11 is 0. The highest BCUT2D eigenvalue weighted by Gasteiger charge is 2.60. The molecule has 4 aliphatic heterocycles. The predicted molar refractivity (Wildman–Crippen MR) is 109 cm³/mol. The number of hydrogen-bond acceptors (Lipinski definition) is 7. The van der Waals surface area contributed by atoms with Crippen molar-refractivity contribution < 1.29 is 23.9 Å². The Morgan fingerprint density at radius 2 is 1.94 bits per heavy atom. The zero-order valence-electron chi connectivity index (χ0n) is 17.5. The molecule has 1 aromatic rings. The zero-order chi connectivity index (χ0) is 21.8. The van der Waals surface area contributed by atoms with Crippen LogP contribution in [0.5, 0.6) is 0 Å². The average Bonchev–Trinajstić information content (AvgIpc) is 3.32. The van der Waals surface area contributed by atoms with E-state index < -0.39 is 23.8 Å². The van der Waals surface area contributed by atoms with Gasteiger partial charge in [0.15, 0.2) is 0 Å². The molecule has 0 aromatic heterocycles. The van der Waals surface area contributed by atoms with Gasteiger partial charge in [-0.15, -0.1) is 0 Å². The Morgan fingerprint density at radius 3 is 2.68 bits per heavy atom. The monoisotopic (exact) mass is 426 g/mol. The van der Waals surface area contributed by atoms with Crippen LogP contribution in [-0.4, -0.2) is 66.9 Å². The highest BCUT2D eigenvalue weighted by molar-refractivity contribution is 6.23. The fourth-order valence-corrected chi connectivity index (χ4v) is 5.73. The van der Waals surface area contributed by atoms with E-state index in [-0.39, 0.29) is 29.7 Å². The number of amides is 4. The van der Waals surface area contributed by atoms with Gasteiger partial charge in [0.1, 0.15) is 6.04 Å². The van der Waals surface area contributed by atoms with E-state index in [2.05, 4.69) is 16.0 Å². The first kappa shape index (κ1) is 20.3. The average molecular weight is 426 g/mol. The summed E-state index contributed by atoms with van der Waals surface area (Å²) in [7, 11) is 1.74. The summed E-state index contributed by atoms with van der Waals surface area (Å²) in [4.78, 5) is 50.2. The van der Waals surface area contributed by atoms with Crippen molar-refractivity contribution in [2.45, 2.75) is 43.8 Å². The molecule has 9 nitrogen and oxygen atoms in total. The molecule has 3 N–H and O–H groups in total. The second-order valence-corrected chi connectivity index (χ2v) is 9.35. The maximum absolute atomic E-state index is 12.9. The van der Waals surface area contributed by atoms with E-state index in [0.29, 0.717) is 17.7 Å². The Bertz CT molecular complexity index is 984. The fraction of sp³-hybridized carbons (Fsp3) is 0.545. The molecular weight excluding hydrogens is 400 g/mol. The summed E-state index contributed by atoms with van der Waals surface area (Å²) in [5, 5.41) is 9.29. The van der Waals surface area contributed by atoms with E-state index in [4.69, 9.17) is 4.74 Å². The topological polar surface area (TPSA) is 117 Å². The molecule has 0 spiro atoms. The molecule has 1 aliphatic carbocycles. The quantitative estimate of drug-likeness (QED) is 0.523. The lowest BCUT2D eigenvalue weighted by atomic mass is 9.62. The van der Waals surface area contributed by atoms with E-state index in [0.717, 1.165) is 43.0 Å². The Hall–Kier alpha value is -2.62. The van der Waals surface area contributed by atoms with Gasteiger partial charge in [-0.05, 0) is 37.0 Å². The third kappa shape index (κ3) is 3.28. The Kier molecular flexibility index (Phi) is 4.72. The zero-order valence-corrected chi connectivity index (χ0v) is 17.5. The number of hydrogen-bond donors (Lipinski definition) is 3. The van der Waals surface area contributed by atoms with Gasteiger partial charge in [-0.1, -0.05) is 6.07 Å². The van der Waals surface area contributed by atoms with E-state index >= 15 is 0 Å². The lowest BCUT2D eigenvalue weighted by Crippen LogP contribution is -2.55. The number of nitrogens with zero attached hydrogens (tertiary/aromatic N) is 1. The third-order valence-electron chi connectivity index (χ3n) is 7.01. The van der Waals surface area contributed by atoms with Gasteiger partial charge in [-0.25, -0.2) is 0 Å². The second kappa shape index (κ2) is 7.22. The number of piperidine rings is 1. The number of carbonyl (C=O) groups is 4. The SMILES string of the molecule is COCC12CNC(CNCc3ccc4c(c3)C(=O)N(C3CCC(=O)NC3=O)C4=O)(C1)C2. The molecule has 3 saturated heterocycles. The Balaban J connectivity index is 1.23. The molecule has 4 amide bonds. The van der Waals surface area contributed by atoms with E-state index in [1.54, 1.807) is 19.2 Å². The van der Waals surface area contributed by atoms with Crippen LogP contribution in [0.4, 0.5) is 0 Å². The summed E-state index contributed by atoms with van der Waals surface area (Å²) in [6, 6.07) is 4.27. The number of benzene rings is 1. The van der Waals surface area contributed by atoms with E-state index in [9.17, 15) is 19.2 Å². The third-order valence-corrected chi connectivity index (χ3v) is 7.01. The van der Waals surface area contributed by atoms with Crippen molar-refractivity contribution in [3.8, 4) is 0 Å². The van der Waals surface area contributed by atoms with Gasteiger partial charge in [0.2, 0.25) is 11.8 Å². The first-order valence-electron chi connectivity index (χ1n) is 10.6. The molecule has 4 heterocycles. The van der Waals surface area contributed by atoms with Crippen molar-refractivity contribution in [1.82, 2.24) is 20.9 Å². The number of fused-ring (bicyclic) bond motifs is 2. The number of carbonyl (C=O) groups excluding carboxylic acids is 4. The van der Waals surface area contributed by atoms with Gasteiger partial charge >= 0.3 is 0 Å². The predicted octanol–water partition coefficient (Wildman–Crippen LogP) is -0.0540. The van der Waals surface area contributed by atoms with Gasteiger partial charge in [-0.3, -0.25) is 29.4 Å². The molecule has 31 heavy (non-hydrogen) atoms. The molecule has 1 aromatic carbocycles. The maximum Gasteiger partial charge on any atom is 0.262 e. The molecule has 2 bridgehead atoms. The molecule has 5 aliphatic rings. The van der Waals surface area contributed by atoms with Crippen LogP contribution < -0.4 is 16.0 Å². The second-order valence-electron chi connectivity index (χ2n) is 9.35. The van der Waals surface area contributed by atoms with Crippen molar-refractivity contribution in [2.75, 3.05) is 26.8 Å². The van der Waals surface area contributed by atoms with Crippen molar-refractivity contribution in [3.05, 3.63) is 34.9 Å². The van der Waals surface area contributed by atoms with E-state index in [1.165, 1.54) is 0 Å². The first-order valence-corrected chi connectivity index (χ1v) is 10.6. The van der Waals surface area contributed by atoms with Crippen LogP contribution >= 0.6 is 0 Å². The lowest BCUT2D eigenvalue weighted by Gasteiger charge is -2.46. The minimum atomic E-state index is -0.940. The Morgan fingerprint density at radius 1 is 1.16 bits per heavy atom. The van der Waals surface area contributed by atoms with Crippen LogP contribution in [-0.2, 0) is 20.9 Å². The van der Waals surface area contributed by atoms with Crippen LogP contribution in [0.3, 0.4) is 0 Å². The molecule has 1 unspecified atom stereocenters. The number of rotatable bonds is 7. The molecular formula is C22H26N4O5. The standard InChI is InChI=1S/C22H26N4O5/c1-31-12-21-8-22(9-21,24-10-21)11-23-7-13-2-3-14-15(6-13)20(30)26(19(14)29)16-4-5-17(27)25-18(16)28/h2-3,6,16,23-24H,4-5,7-12H2,1H3,(H,25,27,28). The smallest absolute Gasteiger partial charge is 0.262 e. The number of nitrogens with one attached hydrogen (secondary N) is 3. The van der Waals surface area contributed by atoms with Gasteiger partial charge in [0.05, 0.1) is 17.7 Å².